The molecule has 0 spiro atoms. The van der Waals surface area contributed by atoms with E-state index < -0.39 is 0 Å². The van der Waals surface area contributed by atoms with Gasteiger partial charge in [0.05, 0.1) is 0 Å². The highest BCUT2D eigenvalue weighted by atomic mass is 16.5. The molecule has 0 aliphatic heterocycles. The van der Waals surface area contributed by atoms with Gasteiger partial charge in [-0.1, -0.05) is 11.2 Å². The molecule has 0 atom stereocenters. The minimum absolute atomic E-state index is 0.263. The molecule has 0 aromatic carbocycles. The van der Waals surface area contributed by atoms with Gasteiger partial charge in [-0.2, -0.15) is 0 Å². The lowest BCUT2D eigenvalue weighted by Gasteiger charge is -1.98. The Balaban J connectivity index is 1.77. The summed E-state index contributed by atoms with van der Waals surface area (Å²) in [6.45, 7) is 0. The number of nitrogens with one attached hydrogen (secondary N) is 1. The van der Waals surface area contributed by atoms with Crippen LogP contribution in [-0.2, 0) is 0 Å². The summed E-state index contributed by atoms with van der Waals surface area (Å²) < 4.78 is 5.07. The number of rotatable bonds is 3. The minimum Gasteiger partial charge on any atom is -0.338 e. The molecule has 1 amide bonds. The Labute approximate surface area is 114 Å². The largest absolute Gasteiger partial charge is 0.338 e. The zero-order chi connectivity index (χ0) is 13.8. The van der Waals surface area contributed by atoms with Crippen LogP contribution in [0.25, 0.3) is 11.3 Å². The van der Waals surface area contributed by atoms with E-state index in [1.165, 1.54) is 0 Å². The van der Waals surface area contributed by atoms with Crippen LogP contribution in [-0.4, -0.2) is 21.0 Å². The molecule has 6 nitrogen and oxygen atoms in total. The van der Waals surface area contributed by atoms with Crippen LogP contribution in [0.5, 0.6) is 0 Å². The predicted octanol–water partition coefficient (Wildman–Crippen LogP) is 2.38. The highest BCUT2D eigenvalue weighted by molar-refractivity contribution is 6.02. The number of anilines is 1. The van der Waals surface area contributed by atoms with E-state index in [2.05, 4.69) is 20.4 Å². The van der Waals surface area contributed by atoms with Crippen molar-refractivity contribution >= 4 is 11.8 Å². The first-order chi connectivity index (χ1) is 9.83. The number of hydrogen-bond acceptors (Lipinski definition) is 5. The number of aromatic nitrogens is 3. The molecule has 6 heteroatoms. The zero-order valence-electron chi connectivity index (χ0n) is 10.4. The van der Waals surface area contributed by atoms with Gasteiger partial charge in [-0.15, -0.1) is 0 Å². The Bertz CT molecular complexity index is 710. The third kappa shape index (κ3) is 2.54. The van der Waals surface area contributed by atoms with Gasteiger partial charge in [-0.25, -0.2) is 0 Å². The lowest BCUT2D eigenvalue weighted by atomic mass is 10.2. The molecule has 0 saturated heterocycles. The normalized spacial score (nSPS) is 10.2. The van der Waals surface area contributed by atoms with Crippen molar-refractivity contribution in [2.24, 2.45) is 0 Å². The quantitative estimate of drug-likeness (QED) is 0.787. The average Bonchev–Trinajstić information content (AvgIpc) is 2.97. The van der Waals surface area contributed by atoms with E-state index in [1.54, 1.807) is 48.9 Å². The fraction of sp³-hybridized carbons (Fsp3) is 0. The molecule has 3 rings (SSSR count). The van der Waals surface area contributed by atoms with Crippen molar-refractivity contribution in [2.45, 2.75) is 0 Å². The van der Waals surface area contributed by atoms with Crippen LogP contribution in [0.15, 0.2) is 59.5 Å². The molecule has 20 heavy (non-hydrogen) atoms. The first-order valence-electron chi connectivity index (χ1n) is 5.92. The van der Waals surface area contributed by atoms with Crippen LogP contribution in [0.2, 0.25) is 0 Å². The monoisotopic (exact) mass is 266 g/mol. The van der Waals surface area contributed by atoms with Crippen molar-refractivity contribution in [1.82, 2.24) is 15.1 Å². The number of amides is 1. The number of pyridine rings is 2. The third-order valence-corrected chi connectivity index (χ3v) is 2.60. The van der Waals surface area contributed by atoms with Gasteiger partial charge in [-0.05, 0) is 24.3 Å². The maximum atomic E-state index is 11.9. The molecule has 3 aromatic heterocycles. The van der Waals surface area contributed by atoms with Crippen molar-refractivity contribution < 1.29 is 9.32 Å². The Morgan fingerprint density at radius 1 is 1.15 bits per heavy atom. The average molecular weight is 266 g/mol. The highest BCUT2D eigenvalue weighted by Gasteiger charge is 2.11. The van der Waals surface area contributed by atoms with Crippen LogP contribution < -0.4 is 5.32 Å². The van der Waals surface area contributed by atoms with Gasteiger partial charge in [0.25, 0.3) is 5.91 Å². The lowest BCUT2D eigenvalue weighted by Crippen LogP contribution is -2.12. The first-order valence-corrected chi connectivity index (χ1v) is 5.92. The number of carbonyl (C=O) groups is 1. The topological polar surface area (TPSA) is 80.9 Å². The Kier molecular flexibility index (Phi) is 3.20. The standard InChI is InChI=1S/C14H10N4O2/c19-14(11-5-1-2-7-16-11)17-13-8-12(18-20-13)10-4-3-6-15-9-10/h1-9H,(H,17,19). The van der Waals surface area contributed by atoms with Crippen LogP contribution in [0.1, 0.15) is 10.5 Å². The van der Waals surface area contributed by atoms with E-state index in [1.807, 2.05) is 6.07 Å². The molecular weight excluding hydrogens is 256 g/mol. The van der Waals surface area contributed by atoms with E-state index in [9.17, 15) is 4.79 Å². The van der Waals surface area contributed by atoms with E-state index >= 15 is 0 Å². The van der Waals surface area contributed by atoms with E-state index in [4.69, 9.17) is 4.52 Å². The first kappa shape index (κ1) is 12.0. The SMILES string of the molecule is O=C(Nc1cc(-c2cccnc2)no1)c1ccccn1. The van der Waals surface area contributed by atoms with Gasteiger partial charge >= 0.3 is 0 Å². The van der Waals surface area contributed by atoms with Gasteiger partial charge in [0.1, 0.15) is 11.4 Å². The summed E-state index contributed by atoms with van der Waals surface area (Å²) in [5, 5.41) is 6.48. The van der Waals surface area contributed by atoms with Gasteiger partial charge in [0.15, 0.2) is 0 Å². The van der Waals surface area contributed by atoms with Crippen molar-refractivity contribution in [2.75, 3.05) is 5.32 Å². The maximum absolute atomic E-state index is 11.9. The predicted molar refractivity (Wildman–Crippen MR) is 71.9 cm³/mol. The molecule has 0 unspecified atom stereocenters. The fourth-order valence-electron chi connectivity index (χ4n) is 1.66. The third-order valence-electron chi connectivity index (χ3n) is 2.60. The van der Waals surface area contributed by atoms with Gasteiger partial charge in [0.2, 0.25) is 5.88 Å². The molecule has 3 heterocycles. The van der Waals surface area contributed by atoms with Crippen LogP contribution in [0.4, 0.5) is 5.88 Å². The Morgan fingerprint density at radius 3 is 2.85 bits per heavy atom. The molecule has 1 N–H and O–H groups in total. The second-order valence-electron chi connectivity index (χ2n) is 3.99. The molecule has 0 aliphatic carbocycles. The summed E-state index contributed by atoms with van der Waals surface area (Å²) in [5.74, 6) is -0.0843. The summed E-state index contributed by atoms with van der Waals surface area (Å²) in [6.07, 6.45) is 4.89. The van der Waals surface area contributed by atoms with Crippen molar-refractivity contribution in [3.8, 4) is 11.3 Å². The molecular formula is C14H10N4O2. The van der Waals surface area contributed by atoms with Gasteiger partial charge in [-0.3, -0.25) is 20.1 Å². The Morgan fingerprint density at radius 2 is 2.10 bits per heavy atom. The molecule has 98 valence electrons. The summed E-state index contributed by atoms with van der Waals surface area (Å²) in [6, 6.07) is 10.4. The van der Waals surface area contributed by atoms with Gasteiger partial charge < -0.3 is 4.52 Å². The van der Waals surface area contributed by atoms with E-state index in [-0.39, 0.29) is 11.8 Å². The zero-order valence-corrected chi connectivity index (χ0v) is 10.4. The van der Waals surface area contributed by atoms with Crippen molar-refractivity contribution in [1.29, 1.82) is 0 Å². The second kappa shape index (κ2) is 5.31. The maximum Gasteiger partial charge on any atom is 0.276 e. The number of carbonyl (C=O) groups excluding carboxylic acids is 1. The van der Waals surface area contributed by atoms with E-state index in [0.717, 1.165) is 5.56 Å². The molecule has 0 radical (unpaired) electrons. The number of hydrogen-bond donors (Lipinski definition) is 1. The van der Waals surface area contributed by atoms with Gasteiger partial charge in [0, 0.05) is 30.2 Å². The van der Waals surface area contributed by atoms with E-state index in [0.29, 0.717) is 11.4 Å². The second-order valence-corrected chi connectivity index (χ2v) is 3.99. The summed E-state index contributed by atoms with van der Waals surface area (Å²) in [4.78, 5) is 19.8. The smallest absolute Gasteiger partial charge is 0.276 e. The summed E-state index contributed by atoms with van der Waals surface area (Å²) >= 11 is 0. The van der Waals surface area contributed by atoms with Crippen LogP contribution in [0, 0.1) is 0 Å². The lowest BCUT2D eigenvalue weighted by molar-refractivity contribution is 0.101. The summed E-state index contributed by atoms with van der Waals surface area (Å²) in [7, 11) is 0. The van der Waals surface area contributed by atoms with Crippen LogP contribution >= 0.6 is 0 Å². The fourth-order valence-corrected chi connectivity index (χ4v) is 1.66. The molecule has 0 saturated carbocycles. The highest BCUT2D eigenvalue weighted by Crippen LogP contribution is 2.20. The van der Waals surface area contributed by atoms with Crippen molar-refractivity contribution in [3.63, 3.8) is 0 Å². The Hall–Kier alpha value is -3.02. The molecule has 0 fully saturated rings. The van der Waals surface area contributed by atoms with Crippen LogP contribution in [0.3, 0.4) is 0 Å². The number of nitrogens with zero attached hydrogens (tertiary/aromatic N) is 3. The summed E-state index contributed by atoms with van der Waals surface area (Å²) in [5.41, 5.74) is 1.73. The van der Waals surface area contributed by atoms with Crippen molar-refractivity contribution in [3.05, 3.63) is 60.7 Å². The molecule has 3 aromatic rings. The molecule has 0 bridgehead atoms. The molecule has 0 aliphatic rings. The minimum atomic E-state index is -0.348.